The Hall–Kier alpha value is -3.28. The van der Waals surface area contributed by atoms with Crippen LogP contribution in [0.1, 0.15) is 41.8 Å². The number of aromatic nitrogens is 3. The van der Waals surface area contributed by atoms with Crippen molar-refractivity contribution in [3.05, 3.63) is 70.8 Å². The number of hydrogen-bond donors (Lipinski definition) is 2. The van der Waals surface area contributed by atoms with Crippen molar-refractivity contribution >= 4 is 34.8 Å². The Balaban J connectivity index is 1.54. The Kier molecular flexibility index (Phi) is 6.93. The van der Waals surface area contributed by atoms with Gasteiger partial charge in [0.15, 0.2) is 5.79 Å². The van der Waals surface area contributed by atoms with Gasteiger partial charge in [0.1, 0.15) is 16.8 Å². The van der Waals surface area contributed by atoms with Crippen LogP contribution in [-0.2, 0) is 21.4 Å². The van der Waals surface area contributed by atoms with Crippen LogP contribution in [0.4, 0.5) is 30.5 Å². The summed E-state index contributed by atoms with van der Waals surface area (Å²) in [6.45, 7) is 4.17. The molecule has 3 aromatic heterocycles. The Labute approximate surface area is 203 Å². The molecule has 1 aliphatic heterocycles. The van der Waals surface area contributed by atoms with E-state index in [0.717, 1.165) is 6.07 Å². The van der Waals surface area contributed by atoms with E-state index in [1.165, 1.54) is 30.6 Å². The minimum atomic E-state index is -4.49. The van der Waals surface area contributed by atoms with Gasteiger partial charge >= 0.3 is 6.18 Å². The third-order valence-corrected chi connectivity index (χ3v) is 5.51. The highest BCUT2D eigenvalue weighted by molar-refractivity contribution is 6.29. The number of halogens is 4. The molecule has 0 radical (unpaired) electrons. The van der Waals surface area contributed by atoms with Gasteiger partial charge in [-0.2, -0.15) is 13.2 Å². The first-order valence-corrected chi connectivity index (χ1v) is 11.0. The third kappa shape index (κ3) is 5.53. The standard InChI is InChI=1S/C23H21ClF3N5O3/c1-3-22(34-12-13(2)35-22)16-9-18(24)29-11-17(16)31-21(33)14-6-7-28-20(8-14)32-19-5-4-15(10-30-19)23(25,26)27/h4-11,13H,3,12H2,1-2H3,(H,31,33)(H,28,30,32). The van der Waals surface area contributed by atoms with Crippen LogP contribution in [0, 0.1) is 0 Å². The number of carbonyl (C=O) groups excluding carboxylic acids is 1. The van der Waals surface area contributed by atoms with Gasteiger partial charge in [0.25, 0.3) is 5.91 Å². The topological polar surface area (TPSA) is 98.3 Å². The van der Waals surface area contributed by atoms with E-state index in [9.17, 15) is 18.0 Å². The molecule has 0 aromatic carbocycles. The van der Waals surface area contributed by atoms with Gasteiger partial charge in [-0.3, -0.25) is 4.79 Å². The van der Waals surface area contributed by atoms with Crippen LogP contribution in [0.25, 0.3) is 0 Å². The van der Waals surface area contributed by atoms with E-state index in [-0.39, 0.29) is 28.5 Å². The predicted octanol–water partition coefficient (Wildman–Crippen LogP) is 5.54. The van der Waals surface area contributed by atoms with Crippen LogP contribution in [0.5, 0.6) is 0 Å². The fourth-order valence-electron chi connectivity index (χ4n) is 3.61. The summed E-state index contributed by atoms with van der Waals surface area (Å²) in [7, 11) is 0. The molecule has 2 atom stereocenters. The fraction of sp³-hybridized carbons (Fsp3) is 0.304. The molecule has 0 bridgehead atoms. The van der Waals surface area contributed by atoms with Gasteiger partial charge in [0, 0.05) is 29.9 Å². The summed E-state index contributed by atoms with van der Waals surface area (Å²) in [5.41, 5.74) is 0.276. The molecule has 8 nitrogen and oxygen atoms in total. The predicted molar refractivity (Wildman–Crippen MR) is 122 cm³/mol. The summed E-state index contributed by atoms with van der Waals surface area (Å²) < 4.78 is 50.2. The number of alkyl halides is 3. The van der Waals surface area contributed by atoms with Crippen molar-refractivity contribution in [2.45, 2.75) is 38.3 Å². The molecule has 2 unspecified atom stereocenters. The van der Waals surface area contributed by atoms with Crippen molar-refractivity contribution in [3.63, 3.8) is 0 Å². The third-order valence-electron chi connectivity index (χ3n) is 5.31. The lowest BCUT2D eigenvalue weighted by Crippen LogP contribution is -2.29. The number of nitrogens with zero attached hydrogens (tertiary/aromatic N) is 3. The number of ether oxygens (including phenoxy) is 2. The molecule has 0 aliphatic carbocycles. The van der Waals surface area contributed by atoms with Gasteiger partial charge in [-0.25, -0.2) is 15.0 Å². The number of amides is 1. The van der Waals surface area contributed by atoms with E-state index in [4.69, 9.17) is 21.1 Å². The number of hydrogen-bond acceptors (Lipinski definition) is 7. The Morgan fingerprint density at radius 1 is 1.17 bits per heavy atom. The molecule has 35 heavy (non-hydrogen) atoms. The smallest absolute Gasteiger partial charge is 0.343 e. The maximum Gasteiger partial charge on any atom is 0.417 e. The van der Waals surface area contributed by atoms with E-state index < -0.39 is 23.4 Å². The van der Waals surface area contributed by atoms with Gasteiger partial charge in [-0.1, -0.05) is 18.5 Å². The lowest BCUT2D eigenvalue weighted by molar-refractivity contribution is -0.176. The van der Waals surface area contributed by atoms with Gasteiger partial charge in [0.05, 0.1) is 30.2 Å². The maximum atomic E-state index is 13.0. The lowest BCUT2D eigenvalue weighted by Gasteiger charge is -2.29. The first-order valence-electron chi connectivity index (χ1n) is 10.6. The number of anilines is 3. The molecule has 1 fully saturated rings. The quantitative estimate of drug-likeness (QED) is 0.423. The Bertz CT molecular complexity index is 1230. The molecule has 4 rings (SSSR count). The second kappa shape index (κ2) is 9.76. The Morgan fingerprint density at radius 3 is 2.60 bits per heavy atom. The minimum Gasteiger partial charge on any atom is -0.343 e. The molecule has 3 aromatic rings. The van der Waals surface area contributed by atoms with Crippen LogP contribution in [-0.4, -0.2) is 33.6 Å². The summed E-state index contributed by atoms with van der Waals surface area (Å²) >= 11 is 6.12. The second-order valence-electron chi connectivity index (χ2n) is 7.84. The zero-order chi connectivity index (χ0) is 25.2. The van der Waals surface area contributed by atoms with Crippen molar-refractivity contribution in [1.82, 2.24) is 15.0 Å². The van der Waals surface area contributed by atoms with Crippen LogP contribution >= 0.6 is 11.6 Å². The summed E-state index contributed by atoms with van der Waals surface area (Å²) in [6, 6.07) is 6.60. The van der Waals surface area contributed by atoms with Crippen LogP contribution < -0.4 is 10.6 Å². The van der Waals surface area contributed by atoms with E-state index >= 15 is 0 Å². The molecular weight excluding hydrogens is 487 g/mol. The van der Waals surface area contributed by atoms with Gasteiger partial charge < -0.3 is 20.1 Å². The summed E-state index contributed by atoms with van der Waals surface area (Å²) in [5, 5.41) is 5.81. The molecule has 1 saturated heterocycles. The minimum absolute atomic E-state index is 0.141. The average Bonchev–Trinajstić information content (AvgIpc) is 3.22. The molecule has 4 heterocycles. The molecule has 0 saturated carbocycles. The first-order chi connectivity index (χ1) is 16.6. The van der Waals surface area contributed by atoms with Crippen LogP contribution in [0.3, 0.4) is 0 Å². The largest absolute Gasteiger partial charge is 0.417 e. The zero-order valence-electron chi connectivity index (χ0n) is 18.7. The summed E-state index contributed by atoms with van der Waals surface area (Å²) in [6.07, 6.45) is -0.621. The van der Waals surface area contributed by atoms with Gasteiger partial charge in [-0.05, 0) is 37.3 Å². The summed E-state index contributed by atoms with van der Waals surface area (Å²) in [4.78, 5) is 24.9. The summed E-state index contributed by atoms with van der Waals surface area (Å²) in [5.74, 6) is -1.19. The zero-order valence-corrected chi connectivity index (χ0v) is 19.4. The highest BCUT2D eigenvalue weighted by Crippen LogP contribution is 2.41. The number of pyridine rings is 3. The maximum absolute atomic E-state index is 13.0. The fourth-order valence-corrected chi connectivity index (χ4v) is 3.77. The van der Waals surface area contributed by atoms with Crippen molar-refractivity contribution in [2.75, 3.05) is 17.2 Å². The first kappa shape index (κ1) is 24.8. The average molecular weight is 508 g/mol. The molecule has 2 N–H and O–H groups in total. The molecule has 184 valence electrons. The molecule has 0 spiro atoms. The second-order valence-corrected chi connectivity index (χ2v) is 8.22. The number of carbonyl (C=O) groups is 1. The van der Waals surface area contributed by atoms with Crippen molar-refractivity contribution in [2.24, 2.45) is 0 Å². The normalized spacial score (nSPS) is 20.0. The molecule has 12 heteroatoms. The van der Waals surface area contributed by atoms with Crippen molar-refractivity contribution in [3.8, 4) is 0 Å². The molecular formula is C23H21ClF3N5O3. The number of rotatable bonds is 6. The number of nitrogens with one attached hydrogen (secondary N) is 2. The molecule has 1 aliphatic rings. The molecule has 1 amide bonds. The Morgan fingerprint density at radius 2 is 1.97 bits per heavy atom. The van der Waals surface area contributed by atoms with Crippen molar-refractivity contribution < 1.29 is 27.4 Å². The van der Waals surface area contributed by atoms with E-state index in [0.29, 0.717) is 30.5 Å². The van der Waals surface area contributed by atoms with Crippen LogP contribution in [0.15, 0.2) is 48.9 Å². The highest BCUT2D eigenvalue weighted by Gasteiger charge is 2.42. The van der Waals surface area contributed by atoms with Crippen molar-refractivity contribution in [1.29, 1.82) is 0 Å². The van der Waals surface area contributed by atoms with E-state index in [1.807, 2.05) is 13.8 Å². The van der Waals surface area contributed by atoms with E-state index in [1.54, 1.807) is 6.07 Å². The SMILES string of the molecule is CCC1(c2cc(Cl)ncc2NC(=O)c2ccnc(Nc3ccc(C(F)(F)F)cn3)c2)OCC(C)O1. The van der Waals surface area contributed by atoms with Gasteiger partial charge in [-0.15, -0.1) is 0 Å². The van der Waals surface area contributed by atoms with Crippen LogP contribution in [0.2, 0.25) is 5.15 Å². The van der Waals surface area contributed by atoms with E-state index in [2.05, 4.69) is 25.6 Å². The monoisotopic (exact) mass is 507 g/mol. The lowest BCUT2D eigenvalue weighted by atomic mass is 10.0. The highest BCUT2D eigenvalue weighted by atomic mass is 35.5. The van der Waals surface area contributed by atoms with Gasteiger partial charge in [0.2, 0.25) is 0 Å².